The van der Waals surface area contributed by atoms with E-state index in [0.717, 1.165) is 4.88 Å². The van der Waals surface area contributed by atoms with Gasteiger partial charge in [-0.05, 0) is 36.6 Å². The maximum absolute atomic E-state index is 12.5. The average Bonchev–Trinajstić information content (AvgIpc) is 3.34. The summed E-state index contributed by atoms with van der Waals surface area (Å²) in [5, 5.41) is 4.75. The Balaban J connectivity index is 1.65. The molecule has 2 heterocycles. The van der Waals surface area contributed by atoms with Crippen LogP contribution >= 0.6 is 11.3 Å². The van der Waals surface area contributed by atoms with E-state index in [0.29, 0.717) is 12.1 Å². The highest BCUT2D eigenvalue weighted by atomic mass is 32.2. The number of imidazole rings is 1. The van der Waals surface area contributed by atoms with Crippen LogP contribution in [0.3, 0.4) is 0 Å². The first-order valence-corrected chi connectivity index (χ1v) is 10.7. The van der Waals surface area contributed by atoms with Crippen LogP contribution < -0.4 is 10.0 Å². The molecule has 9 heteroatoms. The molecule has 0 aliphatic rings. The molecule has 2 N–H and O–H groups in total. The van der Waals surface area contributed by atoms with E-state index in [1.54, 1.807) is 24.7 Å². The number of nitrogens with one attached hydrogen (secondary N) is 2. The second-order valence-corrected chi connectivity index (χ2v) is 8.86. The van der Waals surface area contributed by atoms with Crippen molar-refractivity contribution in [2.45, 2.75) is 31.0 Å². The lowest BCUT2D eigenvalue weighted by Gasteiger charge is -2.15. The van der Waals surface area contributed by atoms with Gasteiger partial charge in [-0.3, -0.25) is 4.79 Å². The van der Waals surface area contributed by atoms with E-state index in [2.05, 4.69) is 15.0 Å². The van der Waals surface area contributed by atoms with Gasteiger partial charge in [-0.2, -0.15) is 0 Å². The standard InChI is InChI=1S/C18H20N4O3S2/c1-14(12-22-8-7-19-13-22)21-18(23)15-4-2-6-17(10-15)27(24,25)20-11-16-5-3-9-26-16/h2-10,13-14,20H,11-12H2,1H3,(H,21,23)/t14-/m0/s1. The highest BCUT2D eigenvalue weighted by Gasteiger charge is 2.17. The van der Waals surface area contributed by atoms with Gasteiger partial charge >= 0.3 is 0 Å². The molecule has 0 spiro atoms. The monoisotopic (exact) mass is 404 g/mol. The van der Waals surface area contributed by atoms with Gasteiger partial charge in [0.1, 0.15) is 0 Å². The van der Waals surface area contributed by atoms with E-state index >= 15 is 0 Å². The Morgan fingerprint density at radius 2 is 2.15 bits per heavy atom. The minimum atomic E-state index is -3.70. The predicted molar refractivity (Wildman–Crippen MR) is 104 cm³/mol. The van der Waals surface area contributed by atoms with Crippen LogP contribution in [0.5, 0.6) is 0 Å². The fraction of sp³-hybridized carbons (Fsp3) is 0.222. The summed E-state index contributed by atoms with van der Waals surface area (Å²) in [6, 6.07) is 9.61. The zero-order valence-corrected chi connectivity index (χ0v) is 16.3. The Morgan fingerprint density at radius 3 is 2.85 bits per heavy atom. The summed E-state index contributed by atoms with van der Waals surface area (Å²) < 4.78 is 29.4. The van der Waals surface area contributed by atoms with E-state index in [1.807, 2.05) is 35.2 Å². The van der Waals surface area contributed by atoms with Crippen molar-refractivity contribution in [2.24, 2.45) is 0 Å². The molecule has 0 aliphatic carbocycles. The molecule has 0 saturated heterocycles. The molecule has 3 aromatic rings. The van der Waals surface area contributed by atoms with Crippen molar-refractivity contribution >= 4 is 27.3 Å². The van der Waals surface area contributed by atoms with Gasteiger partial charge in [0.25, 0.3) is 5.91 Å². The number of aromatic nitrogens is 2. The summed E-state index contributed by atoms with van der Waals surface area (Å²) in [6.45, 7) is 2.67. The molecule has 0 saturated carbocycles. The molecule has 1 amide bonds. The van der Waals surface area contributed by atoms with Gasteiger partial charge in [0.2, 0.25) is 10.0 Å². The third-order valence-corrected chi connectivity index (χ3v) is 6.12. The number of amides is 1. The number of thiophene rings is 1. The molecule has 0 radical (unpaired) electrons. The summed E-state index contributed by atoms with van der Waals surface area (Å²) >= 11 is 1.48. The van der Waals surface area contributed by atoms with Crippen molar-refractivity contribution in [1.29, 1.82) is 0 Å². The Kier molecular flexibility index (Phi) is 6.04. The largest absolute Gasteiger partial charge is 0.348 e. The molecule has 0 bridgehead atoms. The maximum atomic E-state index is 12.5. The number of sulfonamides is 1. The van der Waals surface area contributed by atoms with Crippen LogP contribution in [0.1, 0.15) is 22.2 Å². The number of hydrogen-bond acceptors (Lipinski definition) is 5. The van der Waals surface area contributed by atoms with Crippen LogP contribution in [0.4, 0.5) is 0 Å². The molecular formula is C18H20N4O3S2. The topological polar surface area (TPSA) is 93.1 Å². The smallest absolute Gasteiger partial charge is 0.251 e. The lowest BCUT2D eigenvalue weighted by molar-refractivity contribution is 0.0936. The lowest BCUT2D eigenvalue weighted by Crippen LogP contribution is -2.35. The van der Waals surface area contributed by atoms with Gasteiger partial charge in [-0.15, -0.1) is 11.3 Å². The highest BCUT2D eigenvalue weighted by Crippen LogP contribution is 2.14. The number of carbonyl (C=O) groups excluding carboxylic acids is 1. The third-order valence-electron chi connectivity index (χ3n) is 3.84. The highest BCUT2D eigenvalue weighted by molar-refractivity contribution is 7.89. The number of nitrogens with zero attached hydrogens (tertiary/aromatic N) is 2. The van der Waals surface area contributed by atoms with E-state index in [9.17, 15) is 13.2 Å². The molecule has 7 nitrogen and oxygen atoms in total. The number of rotatable bonds is 8. The summed E-state index contributed by atoms with van der Waals surface area (Å²) in [4.78, 5) is 17.4. The molecule has 142 valence electrons. The van der Waals surface area contributed by atoms with Crippen LogP contribution in [0.15, 0.2) is 65.4 Å². The normalized spacial score (nSPS) is 12.6. The van der Waals surface area contributed by atoms with Gasteiger partial charge in [-0.25, -0.2) is 18.1 Å². The first kappa shape index (κ1) is 19.3. The average molecular weight is 405 g/mol. The fourth-order valence-corrected chi connectivity index (χ4v) is 4.32. The molecule has 1 atom stereocenters. The second-order valence-electron chi connectivity index (χ2n) is 6.07. The van der Waals surface area contributed by atoms with Crippen molar-refractivity contribution in [1.82, 2.24) is 19.6 Å². The first-order valence-electron chi connectivity index (χ1n) is 8.33. The van der Waals surface area contributed by atoms with Crippen molar-refractivity contribution in [3.05, 3.63) is 70.9 Å². The van der Waals surface area contributed by atoms with Crippen molar-refractivity contribution in [3.63, 3.8) is 0 Å². The number of hydrogen-bond donors (Lipinski definition) is 2. The Bertz CT molecular complexity index is 984. The van der Waals surface area contributed by atoms with Crippen molar-refractivity contribution in [2.75, 3.05) is 0 Å². The molecule has 3 rings (SSSR count). The van der Waals surface area contributed by atoms with Gasteiger partial charge in [0.05, 0.1) is 11.2 Å². The van der Waals surface area contributed by atoms with E-state index < -0.39 is 10.0 Å². The Hall–Kier alpha value is -2.49. The predicted octanol–water partition coefficient (Wildman–Crippen LogP) is 2.24. The Labute approximate surface area is 162 Å². The van der Waals surface area contributed by atoms with Crippen LogP contribution in [0.2, 0.25) is 0 Å². The first-order chi connectivity index (χ1) is 12.9. The quantitative estimate of drug-likeness (QED) is 0.602. The molecule has 27 heavy (non-hydrogen) atoms. The molecule has 0 unspecified atom stereocenters. The van der Waals surface area contributed by atoms with Crippen molar-refractivity contribution in [3.8, 4) is 0 Å². The fourth-order valence-electron chi connectivity index (χ4n) is 2.53. The zero-order chi connectivity index (χ0) is 19.3. The SMILES string of the molecule is C[C@@H](Cn1ccnc1)NC(=O)c1cccc(S(=O)(=O)NCc2cccs2)c1. The lowest BCUT2D eigenvalue weighted by atomic mass is 10.2. The summed E-state index contributed by atoms with van der Waals surface area (Å²) in [7, 11) is -3.70. The van der Waals surface area contributed by atoms with Gasteiger partial charge in [0, 0.05) is 42.0 Å². The van der Waals surface area contributed by atoms with E-state index in [-0.39, 0.29) is 23.4 Å². The summed E-state index contributed by atoms with van der Waals surface area (Å²) in [5.74, 6) is -0.321. The summed E-state index contributed by atoms with van der Waals surface area (Å²) in [6.07, 6.45) is 5.16. The number of carbonyl (C=O) groups is 1. The van der Waals surface area contributed by atoms with Crippen molar-refractivity contribution < 1.29 is 13.2 Å². The Morgan fingerprint density at radius 1 is 1.30 bits per heavy atom. The van der Waals surface area contributed by atoms with Crippen LogP contribution in [-0.4, -0.2) is 29.9 Å². The zero-order valence-electron chi connectivity index (χ0n) is 14.7. The van der Waals surface area contributed by atoms with Crippen LogP contribution in [0.25, 0.3) is 0 Å². The molecule has 2 aromatic heterocycles. The third kappa shape index (κ3) is 5.25. The molecule has 1 aromatic carbocycles. The second kappa shape index (κ2) is 8.47. The minimum Gasteiger partial charge on any atom is -0.348 e. The van der Waals surface area contributed by atoms with E-state index in [1.165, 1.54) is 23.5 Å². The maximum Gasteiger partial charge on any atom is 0.251 e. The van der Waals surface area contributed by atoms with Gasteiger partial charge < -0.3 is 9.88 Å². The number of benzene rings is 1. The molecule has 0 fully saturated rings. The molecule has 0 aliphatic heterocycles. The van der Waals surface area contributed by atoms with E-state index in [4.69, 9.17) is 0 Å². The minimum absolute atomic E-state index is 0.0639. The van der Waals surface area contributed by atoms with Crippen LogP contribution in [-0.2, 0) is 23.1 Å². The molecular weight excluding hydrogens is 384 g/mol. The van der Waals surface area contributed by atoms with Crippen LogP contribution in [0, 0.1) is 0 Å². The van der Waals surface area contributed by atoms with Gasteiger partial charge in [-0.1, -0.05) is 12.1 Å². The summed E-state index contributed by atoms with van der Waals surface area (Å²) in [5.41, 5.74) is 0.298. The van der Waals surface area contributed by atoms with Gasteiger partial charge in [0.15, 0.2) is 0 Å².